The van der Waals surface area contributed by atoms with Crippen LogP contribution in [0.1, 0.15) is 17.9 Å². The first-order valence-electron chi connectivity index (χ1n) is 3.88. The van der Waals surface area contributed by atoms with Gasteiger partial charge in [-0.05, 0) is 41.6 Å². The van der Waals surface area contributed by atoms with Crippen molar-refractivity contribution in [3.63, 3.8) is 0 Å². The van der Waals surface area contributed by atoms with Crippen LogP contribution in [0.2, 0.25) is 0 Å². The maximum atomic E-state index is 10.7. The molecule has 1 unspecified atom stereocenters. The normalized spacial score (nSPS) is 26.8. The van der Waals surface area contributed by atoms with Gasteiger partial charge in [-0.2, -0.15) is 0 Å². The molecule has 0 aromatic carbocycles. The van der Waals surface area contributed by atoms with Gasteiger partial charge in [-0.3, -0.25) is 9.78 Å². The second kappa shape index (κ2) is 2.87. The van der Waals surface area contributed by atoms with Gasteiger partial charge in [0.05, 0.1) is 0 Å². The highest BCUT2D eigenvalue weighted by molar-refractivity contribution is 6.64. The molecule has 0 N–H and O–H groups in total. The molecule has 0 aliphatic heterocycles. The first-order valence-corrected chi connectivity index (χ1v) is 4.26. The number of hydrogen-bond donors (Lipinski definition) is 0. The van der Waals surface area contributed by atoms with E-state index in [1.54, 1.807) is 12.4 Å². The van der Waals surface area contributed by atoms with Crippen LogP contribution in [0, 0.1) is 5.92 Å². The summed E-state index contributed by atoms with van der Waals surface area (Å²) in [6, 6.07) is 3.87. The van der Waals surface area contributed by atoms with Gasteiger partial charge in [-0.15, -0.1) is 0 Å². The van der Waals surface area contributed by atoms with Crippen LogP contribution in [-0.4, -0.2) is 10.2 Å². The quantitative estimate of drug-likeness (QED) is 0.653. The first-order chi connectivity index (χ1) is 5.79. The zero-order chi connectivity index (χ0) is 8.55. The van der Waals surface area contributed by atoms with Gasteiger partial charge in [0.15, 0.2) is 0 Å². The number of carbonyl (C=O) groups is 1. The number of pyridine rings is 1. The van der Waals surface area contributed by atoms with Crippen molar-refractivity contribution in [1.82, 2.24) is 4.98 Å². The molecule has 2 nitrogen and oxygen atoms in total. The summed E-state index contributed by atoms with van der Waals surface area (Å²) in [5.74, 6) is 0.395. The van der Waals surface area contributed by atoms with E-state index >= 15 is 0 Å². The minimum atomic E-state index is -0.211. The number of hydrogen-bond acceptors (Lipinski definition) is 2. The van der Waals surface area contributed by atoms with Gasteiger partial charge in [0.25, 0.3) is 0 Å². The maximum absolute atomic E-state index is 10.7. The molecule has 0 spiro atoms. The molecule has 12 heavy (non-hydrogen) atoms. The summed E-state index contributed by atoms with van der Waals surface area (Å²) in [5.41, 5.74) is 1.17. The highest BCUT2D eigenvalue weighted by Gasteiger charge is 2.42. The summed E-state index contributed by atoms with van der Waals surface area (Å²) in [6.45, 7) is 0. The van der Waals surface area contributed by atoms with E-state index in [0.717, 1.165) is 6.42 Å². The highest BCUT2D eigenvalue weighted by Crippen LogP contribution is 2.48. The van der Waals surface area contributed by atoms with E-state index in [4.69, 9.17) is 11.6 Å². The molecule has 2 atom stereocenters. The lowest BCUT2D eigenvalue weighted by atomic mass is 10.1. The molecule has 1 aromatic rings. The fraction of sp³-hybridized carbons (Fsp3) is 0.333. The van der Waals surface area contributed by atoms with Crippen LogP contribution in [0.4, 0.5) is 0 Å². The second-order valence-electron chi connectivity index (χ2n) is 3.03. The second-order valence-corrected chi connectivity index (χ2v) is 3.41. The number of halogens is 1. The predicted octanol–water partition coefficient (Wildman–Crippen LogP) is 1.95. The van der Waals surface area contributed by atoms with Crippen molar-refractivity contribution in [2.75, 3.05) is 0 Å². The van der Waals surface area contributed by atoms with Crippen molar-refractivity contribution < 1.29 is 4.79 Å². The molecular formula is C9H8ClNO. The molecule has 3 heteroatoms. The highest BCUT2D eigenvalue weighted by atomic mass is 35.5. The minimum Gasteiger partial charge on any atom is -0.281 e. The third-order valence-corrected chi connectivity index (χ3v) is 2.50. The Kier molecular flexibility index (Phi) is 1.85. The van der Waals surface area contributed by atoms with Gasteiger partial charge in [0.2, 0.25) is 5.24 Å². The van der Waals surface area contributed by atoms with Gasteiger partial charge in [-0.25, -0.2) is 0 Å². The van der Waals surface area contributed by atoms with Crippen LogP contribution >= 0.6 is 11.6 Å². The topological polar surface area (TPSA) is 30.0 Å². The Morgan fingerprint density at radius 2 is 2.17 bits per heavy atom. The Hall–Kier alpha value is -0.890. The zero-order valence-corrected chi connectivity index (χ0v) is 7.16. The average Bonchev–Trinajstić information content (AvgIpc) is 2.84. The number of nitrogens with zero attached hydrogens (tertiary/aromatic N) is 1. The lowest BCUT2D eigenvalue weighted by Gasteiger charge is -1.94. The summed E-state index contributed by atoms with van der Waals surface area (Å²) in [5, 5.41) is -0.211. The monoisotopic (exact) mass is 181 g/mol. The number of rotatable bonds is 2. The maximum Gasteiger partial charge on any atom is 0.225 e. The molecule has 0 bridgehead atoms. The third kappa shape index (κ3) is 1.34. The Labute approximate surface area is 75.6 Å². The third-order valence-electron chi connectivity index (χ3n) is 2.22. The van der Waals surface area contributed by atoms with Crippen LogP contribution in [0.3, 0.4) is 0 Å². The molecule has 1 saturated carbocycles. The van der Waals surface area contributed by atoms with Gasteiger partial charge in [-0.1, -0.05) is 0 Å². The number of carbonyl (C=O) groups excluding carboxylic acids is 1. The molecule has 1 aliphatic carbocycles. The van der Waals surface area contributed by atoms with Crippen molar-refractivity contribution in [2.45, 2.75) is 12.3 Å². The van der Waals surface area contributed by atoms with E-state index in [-0.39, 0.29) is 11.2 Å². The smallest absolute Gasteiger partial charge is 0.225 e. The standard InChI is InChI=1S/C9H8ClNO/c10-9(12)8-5-7(8)6-1-3-11-4-2-6/h1-4,7-8H,5H2/t7?,8-/m1/s1. The van der Waals surface area contributed by atoms with E-state index in [0.29, 0.717) is 5.92 Å². The van der Waals surface area contributed by atoms with Gasteiger partial charge < -0.3 is 0 Å². The zero-order valence-electron chi connectivity index (χ0n) is 6.40. The van der Waals surface area contributed by atoms with E-state index in [2.05, 4.69) is 4.98 Å². The van der Waals surface area contributed by atoms with E-state index in [9.17, 15) is 4.79 Å². The van der Waals surface area contributed by atoms with E-state index < -0.39 is 0 Å². The fourth-order valence-corrected chi connectivity index (χ4v) is 1.67. The minimum absolute atomic E-state index is 0.0501. The predicted molar refractivity (Wildman–Crippen MR) is 45.9 cm³/mol. The molecule has 0 saturated heterocycles. The van der Waals surface area contributed by atoms with Crippen molar-refractivity contribution in [3.05, 3.63) is 30.1 Å². The molecular weight excluding hydrogens is 174 g/mol. The lowest BCUT2D eigenvalue weighted by molar-refractivity contribution is -0.112. The van der Waals surface area contributed by atoms with Crippen LogP contribution in [-0.2, 0) is 4.79 Å². The summed E-state index contributed by atoms with van der Waals surface area (Å²) >= 11 is 5.37. The van der Waals surface area contributed by atoms with Crippen LogP contribution < -0.4 is 0 Å². The molecule has 2 rings (SSSR count). The van der Waals surface area contributed by atoms with Gasteiger partial charge in [0.1, 0.15) is 0 Å². The first kappa shape index (κ1) is 7.74. The molecule has 1 fully saturated rings. The van der Waals surface area contributed by atoms with Crippen LogP contribution in [0.5, 0.6) is 0 Å². The summed E-state index contributed by atoms with van der Waals surface area (Å²) < 4.78 is 0. The van der Waals surface area contributed by atoms with E-state index in [1.807, 2.05) is 12.1 Å². The summed E-state index contributed by atoms with van der Waals surface area (Å²) in [4.78, 5) is 14.6. The molecule has 0 amide bonds. The molecule has 1 aliphatic rings. The van der Waals surface area contributed by atoms with Crippen molar-refractivity contribution in [3.8, 4) is 0 Å². The summed E-state index contributed by atoms with van der Waals surface area (Å²) in [6.07, 6.45) is 4.37. The molecule has 1 aromatic heterocycles. The number of aromatic nitrogens is 1. The Morgan fingerprint density at radius 1 is 1.50 bits per heavy atom. The Morgan fingerprint density at radius 3 is 2.67 bits per heavy atom. The largest absolute Gasteiger partial charge is 0.281 e. The van der Waals surface area contributed by atoms with Gasteiger partial charge in [0, 0.05) is 18.3 Å². The summed E-state index contributed by atoms with van der Waals surface area (Å²) in [7, 11) is 0. The molecule has 0 radical (unpaired) electrons. The lowest BCUT2D eigenvalue weighted by Crippen LogP contribution is -1.91. The molecule has 62 valence electrons. The van der Waals surface area contributed by atoms with Crippen LogP contribution in [0.15, 0.2) is 24.5 Å². The Balaban J connectivity index is 2.11. The average molecular weight is 182 g/mol. The Bertz CT molecular complexity index is 299. The van der Waals surface area contributed by atoms with E-state index in [1.165, 1.54) is 5.56 Å². The molecule has 1 heterocycles. The fourth-order valence-electron chi connectivity index (χ4n) is 1.42. The van der Waals surface area contributed by atoms with Crippen molar-refractivity contribution >= 4 is 16.8 Å². The van der Waals surface area contributed by atoms with Crippen LogP contribution in [0.25, 0.3) is 0 Å². The SMILES string of the molecule is O=C(Cl)[C@@H]1CC1c1ccncc1. The van der Waals surface area contributed by atoms with Gasteiger partial charge >= 0.3 is 0 Å². The van der Waals surface area contributed by atoms with Crippen molar-refractivity contribution in [1.29, 1.82) is 0 Å². The van der Waals surface area contributed by atoms with Crippen molar-refractivity contribution in [2.24, 2.45) is 5.92 Å².